The van der Waals surface area contributed by atoms with E-state index in [0.717, 1.165) is 18.9 Å². The van der Waals surface area contributed by atoms with Crippen LogP contribution in [0, 0.1) is 5.92 Å². The quantitative estimate of drug-likeness (QED) is 0.886. The SMILES string of the molecule is CC(C)CNC(=O)c1cccnc1N1CCCC1. The summed E-state index contributed by atoms with van der Waals surface area (Å²) in [5.41, 5.74) is 0.694. The van der Waals surface area contributed by atoms with Gasteiger partial charge in [0.15, 0.2) is 0 Å². The Balaban J connectivity index is 2.13. The standard InChI is InChI=1S/C14H21N3O/c1-11(2)10-16-14(18)12-6-5-7-15-13(12)17-8-3-4-9-17/h5-7,11H,3-4,8-10H2,1-2H3,(H,16,18). The summed E-state index contributed by atoms with van der Waals surface area (Å²) in [6.07, 6.45) is 4.13. The van der Waals surface area contributed by atoms with E-state index in [2.05, 4.69) is 29.0 Å². The largest absolute Gasteiger partial charge is 0.356 e. The van der Waals surface area contributed by atoms with Gasteiger partial charge in [0.1, 0.15) is 5.82 Å². The molecule has 0 atom stereocenters. The molecule has 0 spiro atoms. The van der Waals surface area contributed by atoms with Gasteiger partial charge in [-0.3, -0.25) is 4.79 Å². The molecule has 1 aromatic heterocycles. The highest BCUT2D eigenvalue weighted by atomic mass is 16.1. The van der Waals surface area contributed by atoms with E-state index in [4.69, 9.17) is 0 Å². The van der Waals surface area contributed by atoms with Gasteiger partial charge in [-0.2, -0.15) is 0 Å². The molecule has 0 unspecified atom stereocenters. The Morgan fingerprint density at radius 2 is 2.17 bits per heavy atom. The van der Waals surface area contributed by atoms with E-state index in [0.29, 0.717) is 18.0 Å². The predicted molar refractivity (Wildman–Crippen MR) is 72.9 cm³/mol. The van der Waals surface area contributed by atoms with Crippen LogP contribution in [0.15, 0.2) is 18.3 Å². The average molecular weight is 247 g/mol. The van der Waals surface area contributed by atoms with Crippen LogP contribution < -0.4 is 10.2 Å². The van der Waals surface area contributed by atoms with Crippen LogP contribution in [0.5, 0.6) is 0 Å². The Kier molecular flexibility index (Phi) is 4.18. The minimum atomic E-state index is -0.0151. The molecule has 1 aromatic rings. The van der Waals surface area contributed by atoms with E-state index in [-0.39, 0.29) is 5.91 Å². The Morgan fingerprint density at radius 3 is 2.83 bits per heavy atom. The number of pyridine rings is 1. The first-order chi connectivity index (χ1) is 8.68. The fourth-order valence-corrected chi connectivity index (χ4v) is 2.15. The van der Waals surface area contributed by atoms with Gasteiger partial charge in [0.05, 0.1) is 5.56 Å². The molecule has 1 aliphatic heterocycles. The lowest BCUT2D eigenvalue weighted by atomic mass is 10.2. The van der Waals surface area contributed by atoms with E-state index >= 15 is 0 Å². The van der Waals surface area contributed by atoms with Crippen LogP contribution in [0.4, 0.5) is 5.82 Å². The van der Waals surface area contributed by atoms with Crippen LogP contribution in [0.2, 0.25) is 0 Å². The van der Waals surface area contributed by atoms with Crippen LogP contribution in [-0.4, -0.2) is 30.5 Å². The number of aromatic nitrogens is 1. The number of amides is 1. The molecule has 4 nitrogen and oxygen atoms in total. The maximum atomic E-state index is 12.1. The average Bonchev–Trinajstić information content (AvgIpc) is 2.89. The second-order valence-electron chi connectivity index (χ2n) is 5.17. The number of hydrogen-bond acceptors (Lipinski definition) is 3. The van der Waals surface area contributed by atoms with Gasteiger partial charge in [-0.25, -0.2) is 4.98 Å². The predicted octanol–water partition coefficient (Wildman–Crippen LogP) is 2.07. The number of hydrogen-bond donors (Lipinski definition) is 1. The fraction of sp³-hybridized carbons (Fsp3) is 0.571. The molecule has 18 heavy (non-hydrogen) atoms. The summed E-state index contributed by atoms with van der Waals surface area (Å²) in [6.45, 7) is 6.88. The zero-order valence-electron chi connectivity index (χ0n) is 11.1. The van der Waals surface area contributed by atoms with Crippen molar-refractivity contribution >= 4 is 11.7 Å². The van der Waals surface area contributed by atoms with Crippen molar-refractivity contribution in [1.29, 1.82) is 0 Å². The molecular weight excluding hydrogens is 226 g/mol. The molecule has 98 valence electrons. The second kappa shape index (κ2) is 5.85. The number of rotatable bonds is 4. The summed E-state index contributed by atoms with van der Waals surface area (Å²) in [5.74, 6) is 1.27. The van der Waals surface area contributed by atoms with Crippen molar-refractivity contribution in [1.82, 2.24) is 10.3 Å². The van der Waals surface area contributed by atoms with Crippen molar-refractivity contribution in [3.05, 3.63) is 23.9 Å². The molecule has 4 heteroatoms. The van der Waals surface area contributed by atoms with Gasteiger partial charge >= 0.3 is 0 Å². The van der Waals surface area contributed by atoms with E-state index < -0.39 is 0 Å². The normalized spacial score (nSPS) is 15.2. The summed E-state index contributed by atoms with van der Waals surface area (Å²) >= 11 is 0. The number of nitrogens with zero attached hydrogens (tertiary/aromatic N) is 2. The maximum Gasteiger partial charge on any atom is 0.255 e. The van der Waals surface area contributed by atoms with Gasteiger partial charge in [-0.1, -0.05) is 13.8 Å². The Morgan fingerprint density at radius 1 is 1.44 bits per heavy atom. The highest BCUT2D eigenvalue weighted by Crippen LogP contribution is 2.21. The van der Waals surface area contributed by atoms with Crippen molar-refractivity contribution in [2.24, 2.45) is 5.92 Å². The van der Waals surface area contributed by atoms with Crippen LogP contribution >= 0.6 is 0 Å². The number of anilines is 1. The highest BCUT2D eigenvalue weighted by molar-refractivity contribution is 5.98. The minimum absolute atomic E-state index is 0.0151. The van der Waals surface area contributed by atoms with Crippen molar-refractivity contribution < 1.29 is 4.79 Å². The zero-order chi connectivity index (χ0) is 13.0. The van der Waals surface area contributed by atoms with Gasteiger partial charge in [0.2, 0.25) is 0 Å². The maximum absolute atomic E-state index is 12.1. The highest BCUT2D eigenvalue weighted by Gasteiger charge is 2.20. The van der Waals surface area contributed by atoms with Crippen LogP contribution in [0.25, 0.3) is 0 Å². The summed E-state index contributed by atoms with van der Waals surface area (Å²) in [7, 11) is 0. The first kappa shape index (κ1) is 12.9. The lowest BCUT2D eigenvalue weighted by molar-refractivity contribution is 0.0949. The van der Waals surface area contributed by atoms with E-state index in [1.54, 1.807) is 6.20 Å². The third-order valence-corrected chi connectivity index (χ3v) is 3.11. The lowest BCUT2D eigenvalue weighted by Crippen LogP contribution is -2.30. The van der Waals surface area contributed by atoms with E-state index in [1.165, 1.54) is 12.8 Å². The monoisotopic (exact) mass is 247 g/mol. The molecule has 2 rings (SSSR count). The molecule has 1 aliphatic rings. The summed E-state index contributed by atoms with van der Waals surface area (Å²) in [5, 5.41) is 2.96. The van der Waals surface area contributed by atoms with Gasteiger partial charge in [0.25, 0.3) is 5.91 Å². The van der Waals surface area contributed by atoms with Gasteiger partial charge < -0.3 is 10.2 Å². The molecule has 1 fully saturated rings. The van der Waals surface area contributed by atoms with Crippen molar-refractivity contribution in [2.75, 3.05) is 24.5 Å². The van der Waals surface area contributed by atoms with Gasteiger partial charge in [-0.05, 0) is 30.9 Å². The van der Waals surface area contributed by atoms with Crippen molar-refractivity contribution in [2.45, 2.75) is 26.7 Å². The van der Waals surface area contributed by atoms with Crippen LogP contribution in [-0.2, 0) is 0 Å². The summed E-state index contributed by atoms with van der Waals surface area (Å²) < 4.78 is 0. The molecule has 0 radical (unpaired) electrons. The molecule has 1 N–H and O–H groups in total. The zero-order valence-corrected chi connectivity index (χ0v) is 11.1. The number of carbonyl (C=O) groups excluding carboxylic acids is 1. The molecule has 1 amide bonds. The smallest absolute Gasteiger partial charge is 0.255 e. The third-order valence-electron chi connectivity index (χ3n) is 3.11. The number of nitrogens with one attached hydrogen (secondary N) is 1. The Labute approximate surface area is 108 Å². The molecule has 2 heterocycles. The van der Waals surface area contributed by atoms with Gasteiger partial charge in [-0.15, -0.1) is 0 Å². The topological polar surface area (TPSA) is 45.2 Å². The van der Waals surface area contributed by atoms with E-state index in [9.17, 15) is 4.79 Å². The Bertz CT molecular complexity index is 411. The van der Waals surface area contributed by atoms with Crippen LogP contribution in [0.1, 0.15) is 37.0 Å². The molecular formula is C14H21N3O. The summed E-state index contributed by atoms with van der Waals surface area (Å²) in [6, 6.07) is 3.68. The summed E-state index contributed by atoms with van der Waals surface area (Å²) in [4.78, 5) is 18.7. The molecule has 0 saturated carbocycles. The fourth-order valence-electron chi connectivity index (χ4n) is 2.15. The molecule has 0 aliphatic carbocycles. The molecule has 0 bridgehead atoms. The lowest BCUT2D eigenvalue weighted by Gasteiger charge is -2.19. The van der Waals surface area contributed by atoms with E-state index in [1.807, 2.05) is 12.1 Å². The second-order valence-corrected chi connectivity index (χ2v) is 5.17. The number of carbonyl (C=O) groups is 1. The Hall–Kier alpha value is -1.58. The van der Waals surface area contributed by atoms with Gasteiger partial charge in [0, 0.05) is 25.8 Å². The first-order valence-electron chi connectivity index (χ1n) is 6.66. The molecule has 0 aromatic carbocycles. The van der Waals surface area contributed by atoms with Crippen molar-refractivity contribution in [3.63, 3.8) is 0 Å². The third kappa shape index (κ3) is 3.00. The van der Waals surface area contributed by atoms with Crippen LogP contribution in [0.3, 0.4) is 0 Å². The molecule has 1 saturated heterocycles. The first-order valence-corrected chi connectivity index (χ1v) is 6.66. The van der Waals surface area contributed by atoms with Crippen molar-refractivity contribution in [3.8, 4) is 0 Å². The minimum Gasteiger partial charge on any atom is -0.356 e.